The molecule has 0 aliphatic rings. The van der Waals surface area contributed by atoms with Crippen molar-refractivity contribution in [1.29, 1.82) is 0 Å². The molecule has 0 fully saturated rings. The Labute approximate surface area is 87.3 Å². The maximum absolute atomic E-state index is 10.8. The van der Waals surface area contributed by atoms with Crippen molar-refractivity contribution in [1.82, 2.24) is 4.98 Å². The van der Waals surface area contributed by atoms with Gasteiger partial charge in [-0.1, -0.05) is 0 Å². The highest BCUT2D eigenvalue weighted by Crippen LogP contribution is 2.17. The van der Waals surface area contributed by atoms with Gasteiger partial charge < -0.3 is 14.9 Å². The molecule has 0 spiro atoms. The van der Waals surface area contributed by atoms with Gasteiger partial charge in [-0.2, -0.15) is 0 Å². The van der Waals surface area contributed by atoms with Crippen molar-refractivity contribution in [3.8, 4) is 5.75 Å². The summed E-state index contributed by atoms with van der Waals surface area (Å²) in [4.78, 5) is 14.5. The van der Waals surface area contributed by atoms with Crippen LogP contribution in [0.1, 0.15) is 24.2 Å². The number of ether oxygens (including phenoxy) is 1. The summed E-state index contributed by atoms with van der Waals surface area (Å²) in [6, 6.07) is 1.35. The van der Waals surface area contributed by atoms with Crippen LogP contribution in [0.4, 0.5) is 0 Å². The third-order valence-corrected chi connectivity index (χ3v) is 1.60. The van der Waals surface area contributed by atoms with E-state index in [0.717, 1.165) is 0 Å². The van der Waals surface area contributed by atoms with Gasteiger partial charge in [0.1, 0.15) is 12.2 Å². The van der Waals surface area contributed by atoms with Crippen LogP contribution >= 0.6 is 0 Å². The number of carboxylic acid groups (broad SMARTS) is 1. The maximum Gasteiger partial charge on any atom is 0.339 e. The van der Waals surface area contributed by atoms with Gasteiger partial charge in [0, 0.05) is 6.20 Å². The van der Waals surface area contributed by atoms with Crippen LogP contribution in [0.25, 0.3) is 0 Å². The summed E-state index contributed by atoms with van der Waals surface area (Å²) in [7, 11) is 0. The van der Waals surface area contributed by atoms with Gasteiger partial charge in [0.25, 0.3) is 0 Å². The van der Waals surface area contributed by atoms with Crippen molar-refractivity contribution in [2.45, 2.75) is 19.4 Å². The molecule has 0 bridgehead atoms. The number of aliphatic hydroxyl groups is 1. The van der Waals surface area contributed by atoms with E-state index in [1.165, 1.54) is 18.5 Å². The van der Waals surface area contributed by atoms with E-state index in [2.05, 4.69) is 4.98 Å². The number of nitrogens with zero attached hydrogens (tertiary/aromatic N) is 1. The Bertz CT molecular complexity index is 357. The Kier molecular flexibility index (Phi) is 3.26. The minimum Gasteiger partial charge on any atom is -0.488 e. The molecule has 0 saturated carbocycles. The number of aromatic carboxylic acids is 1. The SMILES string of the molecule is CC(C)(O)COc1cnccc1C(=O)O. The summed E-state index contributed by atoms with van der Waals surface area (Å²) >= 11 is 0. The van der Waals surface area contributed by atoms with Gasteiger partial charge in [0.05, 0.1) is 11.8 Å². The minimum atomic E-state index is -1.08. The molecule has 5 nitrogen and oxygen atoms in total. The lowest BCUT2D eigenvalue weighted by atomic mass is 10.1. The van der Waals surface area contributed by atoms with Crippen LogP contribution in [0.15, 0.2) is 18.5 Å². The van der Waals surface area contributed by atoms with Crippen LogP contribution in [0, 0.1) is 0 Å². The molecule has 0 atom stereocenters. The molecule has 0 amide bonds. The molecule has 0 radical (unpaired) electrons. The summed E-state index contributed by atoms with van der Waals surface area (Å²) in [5.41, 5.74) is -0.972. The second-order valence-electron chi connectivity index (χ2n) is 3.78. The highest BCUT2D eigenvalue weighted by atomic mass is 16.5. The van der Waals surface area contributed by atoms with Gasteiger partial charge in [-0.25, -0.2) is 4.79 Å². The van der Waals surface area contributed by atoms with E-state index < -0.39 is 11.6 Å². The zero-order valence-corrected chi connectivity index (χ0v) is 8.60. The molecule has 2 N–H and O–H groups in total. The normalized spacial score (nSPS) is 11.1. The average molecular weight is 211 g/mol. The Hall–Kier alpha value is -1.62. The highest BCUT2D eigenvalue weighted by Gasteiger charge is 2.16. The predicted molar refractivity (Wildman–Crippen MR) is 53.0 cm³/mol. The van der Waals surface area contributed by atoms with E-state index in [0.29, 0.717) is 0 Å². The molecule has 1 aromatic heterocycles. The van der Waals surface area contributed by atoms with Crippen molar-refractivity contribution < 1.29 is 19.7 Å². The topological polar surface area (TPSA) is 79.7 Å². The summed E-state index contributed by atoms with van der Waals surface area (Å²) < 4.78 is 5.17. The van der Waals surface area contributed by atoms with Crippen LogP contribution in [0.3, 0.4) is 0 Å². The third kappa shape index (κ3) is 3.55. The molecule has 0 saturated heterocycles. The van der Waals surface area contributed by atoms with Gasteiger partial charge >= 0.3 is 5.97 Å². The predicted octanol–water partition coefficient (Wildman–Crippen LogP) is 0.929. The van der Waals surface area contributed by atoms with E-state index in [4.69, 9.17) is 9.84 Å². The van der Waals surface area contributed by atoms with E-state index in [-0.39, 0.29) is 17.9 Å². The Morgan fingerprint density at radius 2 is 2.27 bits per heavy atom. The van der Waals surface area contributed by atoms with Gasteiger partial charge in [-0.05, 0) is 19.9 Å². The number of carboxylic acids is 1. The van der Waals surface area contributed by atoms with Crippen molar-refractivity contribution in [2.75, 3.05) is 6.61 Å². The molecule has 1 aromatic rings. The molecule has 1 heterocycles. The smallest absolute Gasteiger partial charge is 0.339 e. The number of rotatable bonds is 4. The van der Waals surface area contributed by atoms with Crippen LogP contribution in [-0.4, -0.2) is 33.4 Å². The molecule has 82 valence electrons. The Balaban J connectivity index is 2.81. The maximum atomic E-state index is 10.8. The number of hydrogen-bond donors (Lipinski definition) is 2. The molecule has 15 heavy (non-hydrogen) atoms. The summed E-state index contributed by atoms with van der Waals surface area (Å²) in [6.07, 6.45) is 2.69. The monoisotopic (exact) mass is 211 g/mol. The molecular formula is C10H13NO4. The number of pyridine rings is 1. The largest absolute Gasteiger partial charge is 0.488 e. The second-order valence-corrected chi connectivity index (χ2v) is 3.78. The van der Waals surface area contributed by atoms with Crippen LogP contribution in [-0.2, 0) is 0 Å². The summed E-state index contributed by atoms with van der Waals surface area (Å²) in [5, 5.41) is 18.2. The van der Waals surface area contributed by atoms with Gasteiger partial charge in [-0.15, -0.1) is 0 Å². The van der Waals surface area contributed by atoms with Crippen molar-refractivity contribution in [2.24, 2.45) is 0 Å². The molecule has 0 aliphatic carbocycles. The van der Waals surface area contributed by atoms with Gasteiger partial charge in [0.2, 0.25) is 0 Å². The quantitative estimate of drug-likeness (QED) is 0.774. The van der Waals surface area contributed by atoms with Crippen molar-refractivity contribution in [3.05, 3.63) is 24.0 Å². The molecular weight excluding hydrogens is 198 g/mol. The lowest BCUT2D eigenvalue weighted by Gasteiger charge is -2.18. The van der Waals surface area contributed by atoms with Crippen molar-refractivity contribution >= 4 is 5.97 Å². The zero-order valence-electron chi connectivity index (χ0n) is 8.60. The first-order valence-electron chi connectivity index (χ1n) is 4.42. The molecule has 0 unspecified atom stereocenters. The van der Waals surface area contributed by atoms with Crippen LogP contribution < -0.4 is 4.74 Å². The fraction of sp³-hybridized carbons (Fsp3) is 0.400. The molecule has 5 heteroatoms. The Morgan fingerprint density at radius 1 is 1.60 bits per heavy atom. The molecule has 0 aromatic carbocycles. The van der Waals surface area contributed by atoms with E-state index in [1.54, 1.807) is 13.8 Å². The first-order chi connectivity index (χ1) is 6.90. The summed E-state index contributed by atoms with van der Waals surface area (Å²) in [5.74, 6) is -0.921. The van der Waals surface area contributed by atoms with Crippen LogP contribution in [0.2, 0.25) is 0 Å². The fourth-order valence-electron chi connectivity index (χ4n) is 0.926. The van der Waals surface area contributed by atoms with Gasteiger partial charge in [-0.3, -0.25) is 4.98 Å². The molecule has 1 rings (SSSR count). The lowest BCUT2D eigenvalue weighted by molar-refractivity contribution is 0.0274. The first kappa shape index (κ1) is 11.5. The third-order valence-electron chi connectivity index (χ3n) is 1.60. The van der Waals surface area contributed by atoms with E-state index in [1.807, 2.05) is 0 Å². The van der Waals surface area contributed by atoms with E-state index in [9.17, 15) is 9.90 Å². The van der Waals surface area contributed by atoms with E-state index >= 15 is 0 Å². The molecule has 0 aliphatic heterocycles. The number of aromatic nitrogens is 1. The summed E-state index contributed by atoms with van der Waals surface area (Å²) in [6.45, 7) is 3.16. The first-order valence-corrected chi connectivity index (χ1v) is 4.42. The average Bonchev–Trinajstić information content (AvgIpc) is 2.14. The highest BCUT2D eigenvalue weighted by molar-refractivity contribution is 5.90. The minimum absolute atomic E-state index is 0.0129. The fourth-order valence-corrected chi connectivity index (χ4v) is 0.926. The standard InChI is InChI=1S/C10H13NO4/c1-10(2,14)6-15-8-5-11-4-3-7(8)9(12)13/h3-5,14H,6H2,1-2H3,(H,12,13). The number of carbonyl (C=O) groups is 1. The second kappa shape index (κ2) is 4.27. The number of hydrogen-bond acceptors (Lipinski definition) is 4. The van der Waals surface area contributed by atoms with Crippen LogP contribution in [0.5, 0.6) is 5.75 Å². The van der Waals surface area contributed by atoms with Gasteiger partial charge in [0.15, 0.2) is 5.75 Å². The Morgan fingerprint density at radius 3 is 2.80 bits per heavy atom. The van der Waals surface area contributed by atoms with Crippen molar-refractivity contribution in [3.63, 3.8) is 0 Å². The lowest BCUT2D eigenvalue weighted by Crippen LogP contribution is -2.28. The zero-order chi connectivity index (χ0) is 11.5.